The summed E-state index contributed by atoms with van der Waals surface area (Å²) in [5, 5.41) is 11.9. The van der Waals surface area contributed by atoms with E-state index in [1.807, 2.05) is 30.9 Å². The van der Waals surface area contributed by atoms with Crippen molar-refractivity contribution in [2.75, 3.05) is 24.7 Å². The molecule has 1 aliphatic heterocycles. The van der Waals surface area contributed by atoms with Gasteiger partial charge in [-0.2, -0.15) is 5.26 Å². The predicted octanol–water partition coefficient (Wildman–Crippen LogP) is 1.29. The number of rotatable bonds is 3. The minimum atomic E-state index is -0.347. The van der Waals surface area contributed by atoms with Gasteiger partial charge in [0.25, 0.3) is 0 Å². The summed E-state index contributed by atoms with van der Waals surface area (Å²) in [6.45, 7) is 5.47. The lowest BCUT2D eigenvalue weighted by atomic mass is 10.1. The minimum absolute atomic E-state index is 0.0398. The molecule has 106 valence electrons. The molecule has 1 amide bonds. The van der Waals surface area contributed by atoms with E-state index in [0.717, 1.165) is 5.69 Å². The molecule has 1 fully saturated rings. The van der Waals surface area contributed by atoms with E-state index in [1.165, 1.54) is 0 Å². The molecule has 1 atom stereocenters. The summed E-state index contributed by atoms with van der Waals surface area (Å²) in [5.74, 6) is -0.0398. The number of hydrogen-bond donors (Lipinski definition) is 1. The Kier molecular flexibility index (Phi) is 4.59. The van der Waals surface area contributed by atoms with Gasteiger partial charge in [0.1, 0.15) is 6.04 Å². The third-order valence-corrected chi connectivity index (χ3v) is 3.17. The first-order valence-electron chi connectivity index (χ1n) is 6.76. The Balaban J connectivity index is 2.22. The van der Waals surface area contributed by atoms with Crippen LogP contribution < -0.4 is 10.2 Å². The molecule has 20 heavy (non-hydrogen) atoms. The second-order valence-electron chi connectivity index (χ2n) is 5.11. The van der Waals surface area contributed by atoms with Crippen LogP contribution in [0.2, 0.25) is 0 Å². The first kappa shape index (κ1) is 14.4. The number of hydrogen-bond acceptors (Lipinski definition) is 4. The van der Waals surface area contributed by atoms with Crippen molar-refractivity contribution in [1.82, 2.24) is 5.32 Å². The van der Waals surface area contributed by atoms with Crippen LogP contribution >= 0.6 is 0 Å². The van der Waals surface area contributed by atoms with Crippen molar-refractivity contribution >= 4 is 11.6 Å². The third-order valence-electron chi connectivity index (χ3n) is 3.17. The standard InChI is InChI=1S/C15H19N3O2/c1-11(2)17-15(19)14-10-20-7-6-18(14)13-5-3-4-12(8-13)9-16/h3-5,8,11,14H,6-7,10H2,1-2H3,(H,17,19). The average molecular weight is 273 g/mol. The van der Waals surface area contributed by atoms with Gasteiger partial charge in [-0.05, 0) is 32.0 Å². The van der Waals surface area contributed by atoms with Gasteiger partial charge in [0.15, 0.2) is 0 Å². The molecule has 1 unspecified atom stereocenters. The van der Waals surface area contributed by atoms with Crippen LogP contribution in [0.15, 0.2) is 24.3 Å². The zero-order valence-corrected chi connectivity index (χ0v) is 11.8. The molecule has 0 radical (unpaired) electrons. The lowest BCUT2D eigenvalue weighted by Gasteiger charge is -2.36. The zero-order chi connectivity index (χ0) is 14.5. The molecule has 1 aliphatic rings. The Labute approximate surface area is 119 Å². The van der Waals surface area contributed by atoms with E-state index in [-0.39, 0.29) is 18.0 Å². The van der Waals surface area contributed by atoms with Crippen LogP contribution in [0.1, 0.15) is 19.4 Å². The normalized spacial score (nSPS) is 18.7. The molecule has 0 saturated carbocycles. The molecule has 0 spiro atoms. The monoisotopic (exact) mass is 273 g/mol. The summed E-state index contributed by atoms with van der Waals surface area (Å²) >= 11 is 0. The topological polar surface area (TPSA) is 65.4 Å². The predicted molar refractivity (Wildman–Crippen MR) is 76.4 cm³/mol. The highest BCUT2D eigenvalue weighted by Crippen LogP contribution is 2.21. The number of nitrogens with zero attached hydrogens (tertiary/aromatic N) is 2. The smallest absolute Gasteiger partial charge is 0.245 e. The fourth-order valence-electron chi connectivity index (χ4n) is 2.26. The van der Waals surface area contributed by atoms with Gasteiger partial charge in [-0.1, -0.05) is 6.07 Å². The summed E-state index contributed by atoms with van der Waals surface area (Å²) in [4.78, 5) is 14.3. The van der Waals surface area contributed by atoms with E-state index in [1.54, 1.807) is 12.1 Å². The maximum Gasteiger partial charge on any atom is 0.245 e. The number of benzene rings is 1. The number of morpholine rings is 1. The third kappa shape index (κ3) is 3.28. The molecule has 1 aromatic carbocycles. The molecule has 0 bridgehead atoms. The molecule has 2 rings (SSSR count). The van der Waals surface area contributed by atoms with Gasteiger partial charge in [-0.3, -0.25) is 4.79 Å². The molecule has 0 aliphatic carbocycles. The van der Waals surface area contributed by atoms with Crippen molar-refractivity contribution in [2.45, 2.75) is 25.9 Å². The Morgan fingerprint density at radius 1 is 1.55 bits per heavy atom. The fourth-order valence-corrected chi connectivity index (χ4v) is 2.26. The van der Waals surface area contributed by atoms with Crippen molar-refractivity contribution in [3.8, 4) is 6.07 Å². The second-order valence-corrected chi connectivity index (χ2v) is 5.11. The maximum atomic E-state index is 12.2. The SMILES string of the molecule is CC(C)NC(=O)C1COCCN1c1cccc(C#N)c1. The van der Waals surface area contributed by atoms with Gasteiger partial charge in [0.2, 0.25) is 5.91 Å². The number of ether oxygens (including phenoxy) is 1. The van der Waals surface area contributed by atoms with Gasteiger partial charge in [-0.25, -0.2) is 0 Å². The number of carbonyl (C=O) groups is 1. The molecule has 5 heteroatoms. The van der Waals surface area contributed by atoms with Crippen molar-refractivity contribution < 1.29 is 9.53 Å². The number of nitriles is 1. The molecule has 1 N–H and O–H groups in total. The van der Waals surface area contributed by atoms with Gasteiger partial charge in [0.05, 0.1) is 24.8 Å². The van der Waals surface area contributed by atoms with Crippen LogP contribution in [0, 0.1) is 11.3 Å². The molecule has 1 heterocycles. The number of amides is 1. The van der Waals surface area contributed by atoms with E-state index in [9.17, 15) is 4.79 Å². The first-order valence-corrected chi connectivity index (χ1v) is 6.76. The summed E-state index contributed by atoms with van der Waals surface area (Å²) in [7, 11) is 0. The van der Waals surface area contributed by atoms with Gasteiger partial charge in [-0.15, -0.1) is 0 Å². The Bertz CT molecular complexity index is 522. The van der Waals surface area contributed by atoms with Crippen LogP contribution in [0.25, 0.3) is 0 Å². The summed E-state index contributed by atoms with van der Waals surface area (Å²) in [6.07, 6.45) is 0. The summed E-state index contributed by atoms with van der Waals surface area (Å²) < 4.78 is 5.43. The van der Waals surface area contributed by atoms with Crippen LogP contribution in [-0.4, -0.2) is 37.7 Å². The Morgan fingerprint density at radius 3 is 3.05 bits per heavy atom. The fraction of sp³-hybridized carbons (Fsp3) is 0.467. The number of carbonyl (C=O) groups excluding carboxylic acids is 1. The van der Waals surface area contributed by atoms with Crippen molar-refractivity contribution in [3.05, 3.63) is 29.8 Å². The van der Waals surface area contributed by atoms with E-state index >= 15 is 0 Å². The number of anilines is 1. The largest absolute Gasteiger partial charge is 0.377 e. The van der Waals surface area contributed by atoms with Crippen molar-refractivity contribution in [3.63, 3.8) is 0 Å². The molecular formula is C15H19N3O2. The van der Waals surface area contributed by atoms with E-state index in [2.05, 4.69) is 11.4 Å². The van der Waals surface area contributed by atoms with Crippen LogP contribution in [-0.2, 0) is 9.53 Å². The Hall–Kier alpha value is -2.06. The van der Waals surface area contributed by atoms with Crippen molar-refractivity contribution in [1.29, 1.82) is 5.26 Å². The average Bonchev–Trinajstić information content (AvgIpc) is 2.46. The maximum absolute atomic E-state index is 12.2. The molecule has 5 nitrogen and oxygen atoms in total. The van der Waals surface area contributed by atoms with E-state index in [4.69, 9.17) is 10.00 Å². The molecule has 1 aromatic rings. The van der Waals surface area contributed by atoms with Gasteiger partial charge < -0.3 is 15.0 Å². The summed E-state index contributed by atoms with van der Waals surface area (Å²) in [6, 6.07) is 9.19. The van der Waals surface area contributed by atoms with Crippen LogP contribution in [0.3, 0.4) is 0 Å². The van der Waals surface area contributed by atoms with Crippen LogP contribution in [0.4, 0.5) is 5.69 Å². The van der Waals surface area contributed by atoms with Crippen molar-refractivity contribution in [2.24, 2.45) is 0 Å². The van der Waals surface area contributed by atoms with Gasteiger partial charge in [0, 0.05) is 18.3 Å². The zero-order valence-electron chi connectivity index (χ0n) is 11.8. The highest BCUT2D eigenvalue weighted by molar-refractivity contribution is 5.86. The highest BCUT2D eigenvalue weighted by Gasteiger charge is 2.30. The first-order chi connectivity index (χ1) is 9.61. The lowest BCUT2D eigenvalue weighted by molar-refractivity contribution is -0.125. The van der Waals surface area contributed by atoms with E-state index < -0.39 is 0 Å². The highest BCUT2D eigenvalue weighted by atomic mass is 16.5. The van der Waals surface area contributed by atoms with Gasteiger partial charge >= 0.3 is 0 Å². The molecular weight excluding hydrogens is 254 g/mol. The second kappa shape index (κ2) is 6.40. The van der Waals surface area contributed by atoms with E-state index in [0.29, 0.717) is 25.3 Å². The Morgan fingerprint density at radius 2 is 2.35 bits per heavy atom. The summed E-state index contributed by atoms with van der Waals surface area (Å²) in [5.41, 5.74) is 1.48. The number of nitrogens with one attached hydrogen (secondary N) is 1. The van der Waals surface area contributed by atoms with Crippen LogP contribution in [0.5, 0.6) is 0 Å². The molecule has 1 saturated heterocycles. The quantitative estimate of drug-likeness (QED) is 0.901. The lowest BCUT2D eigenvalue weighted by Crippen LogP contribution is -2.55. The minimum Gasteiger partial charge on any atom is -0.377 e. The molecule has 0 aromatic heterocycles.